The number of benzene rings is 1. The molecule has 1 aromatic carbocycles. The maximum absolute atomic E-state index is 12.8. The molecule has 0 aliphatic heterocycles. The number of anilines is 1. The molecule has 164 valence electrons. The average Bonchev–Trinajstić information content (AvgIpc) is 3.03. The first-order valence-electron chi connectivity index (χ1n) is 9.64. The zero-order chi connectivity index (χ0) is 22.4. The number of rotatable bonds is 10. The zero-order valence-corrected chi connectivity index (χ0v) is 19.4. The van der Waals surface area contributed by atoms with Gasteiger partial charge in [-0.25, -0.2) is 0 Å². The van der Waals surface area contributed by atoms with Crippen LogP contribution in [-0.4, -0.2) is 38.9 Å². The van der Waals surface area contributed by atoms with Crippen molar-refractivity contribution in [3.63, 3.8) is 0 Å². The van der Waals surface area contributed by atoms with E-state index < -0.39 is 5.25 Å². The summed E-state index contributed by atoms with van der Waals surface area (Å²) in [7, 11) is 1.52. The lowest BCUT2D eigenvalue weighted by molar-refractivity contribution is -0.118. The Morgan fingerprint density at radius 3 is 2.60 bits per heavy atom. The highest BCUT2D eigenvalue weighted by Crippen LogP contribution is 2.32. The number of aryl methyl sites for hydroxylation is 2. The Kier molecular flexibility index (Phi) is 8.54. The second kappa shape index (κ2) is 10.7. The number of carbonyl (C=O) groups is 2. The molecule has 1 aromatic heterocycles. The van der Waals surface area contributed by atoms with Crippen LogP contribution in [0.4, 0.5) is 5.69 Å². The Hall–Kier alpha value is -2.26. The molecular weight excluding hydrogens is 426 g/mol. The number of amides is 2. The number of ether oxygens (including phenoxy) is 1. The van der Waals surface area contributed by atoms with Gasteiger partial charge in [0.15, 0.2) is 5.16 Å². The monoisotopic (exact) mass is 453 g/mol. The number of carbonyl (C=O) groups excluding carboxylic acids is 2. The predicted octanol–water partition coefficient (Wildman–Crippen LogP) is 3.44. The van der Waals surface area contributed by atoms with Crippen LogP contribution in [-0.2, 0) is 22.6 Å². The molecule has 8 nitrogen and oxygen atoms in total. The molecule has 10 heteroatoms. The normalized spacial score (nSPS) is 12.1. The van der Waals surface area contributed by atoms with Gasteiger partial charge in [0, 0.05) is 30.5 Å². The van der Waals surface area contributed by atoms with Crippen LogP contribution in [0.5, 0.6) is 5.75 Å². The van der Waals surface area contributed by atoms with Crippen molar-refractivity contribution in [1.82, 2.24) is 14.8 Å². The minimum Gasteiger partial charge on any atom is -0.495 e. The SMILES string of the molecule is COc1cc(Cl)c(C)cc1NC(=O)C(C)Sc1nnc(CCC(N)=O)n1CC(C)C. The van der Waals surface area contributed by atoms with Gasteiger partial charge in [-0.2, -0.15) is 0 Å². The van der Waals surface area contributed by atoms with Crippen LogP contribution in [0.15, 0.2) is 17.3 Å². The number of nitrogens with two attached hydrogens (primary N) is 1. The molecule has 1 unspecified atom stereocenters. The minimum absolute atomic E-state index is 0.196. The van der Waals surface area contributed by atoms with Gasteiger partial charge in [-0.1, -0.05) is 37.2 Å². The molecule has 3 N–H and O–H groups in total. The lowest BCUT2D eigenvalue weighted by atomic mass is 10.2. The summed E-state index contributed by atoms with van der Waals surface area (Å²) < 4.78 is 7.28. The van der Waals surface area contributed by atoms with Crippen molar-refractivity contribution in [3.8, 4) is 5.75 Å². The Morgan fingerprint density at radius 1 is 1.30 bits per heavy atom. The lowest BCUT2D eigenvalue weighted by Crippen LogP contribution is -2.23. The Morgan fingerprint density at radius 2 is 2.00 bits per heavy atom. The standard InChI is InChI=1S/C20H28ClN5O3S/c1-11(2)10-26-18(7-6-17(22)27)24-25-20(26)30-13(4)19(28)23-15-8-12(3)14(21)9-16(15)29-5/h8-9,11,13H,6-7,10H2,1-5H3,(H2,22,27)(H,23,28). The number of aromatic nitrogens is 3. The van der Waals surface area contributed by atoms with Crippen LogP contribution in [0.3, 0.4) is 0 Å². The summed E-state index contributed by atoms with van der Waals surface area (Å²) in [6.07, 6.45) is 0.615. The fourth-order valence-corrected chi connectivity index (χ4v) is 3.78. The fourth-order valence-electron chi connectivity index (χ4n) is 2.75. The molecule has 0 saturated carbocycles. The van der Waals surface area contributed by atoms with E-state index in [2.05, 4.69) is 29.4 Å². The highest BCUT2D eigenvalue weighted by atomic mass is 35.5. The van der Waals surface area contributed by atoms with Gasteiger partial charge in [0.2, 0.25) is 11.8 Å². The molecule has 2 aromatic rings. The molecule has 2 rings (SSSR count). The molecule has 0 aliphatic rings. The Bertz CT molecular complexity index is 916. The number of halogens is 1. The van der Waals surface area contributed by atoms with Gasteiger partial charge < -0.3 is 20.4 Å². The van der Waals surface area contributed by atoms with Crippen LogP contribution < -0.4 is 15.8 Å². The van der Waals surface area contributed by atoms with Gasteiger partial charge in [0.1, 0.15) is 11.6 Å². The molecule has 1 atom stereocenters. The number of nitrogens with zero attached hydrogens (tertiary/aromatic N) is 3. The summed E-state index contributed by atoms with van der Waals surface area (Å²) in [6, 6.07) is 3.45. The van der Waals surface area contributed by atoms with E-state index in [0.717, 1.165) is 5.56 Å². The van der Waals surface area contributed by atoms with E-state index in [0.29, 0.717) is 46.3 Å². The number of hydrogen-bond donors (Lipinski definition) is 2. The molecule has 1 heterocycles. The van der Waals surface area contributed by atoms with E-state index in [4.69, 9.17) is 22.1 Å². The van der Waals surface area contributed by atoms with Crippen LogP contribution in [0, 0.1) is 12.8 Å². The molecule has 0 spiro atoms. The second-order valence-electron chi connectivity index (χ2n) is 7.42. The molecule has 30 heavy (non-hydrogen) atoms. The van der Waals surface area contributed by atoms with Gasteiger partial charge in [0.05, 0.1) is 18.0 Å². The minimum atomic E-state index is -0.440. The largest absolute Gasteiger partial charge is 0.495 e. The maximum Gasteiger partial charge on any atom is 0.237 e. The summed E-state index contributed by atoms with van der Waals surface area (Å²) in [6.45, 7) is 8.50. The maximum atomic E-state index is 12.8. The average molecular weight is 454 g/mol. The summed E-state index contributed by atoms with van der Waals surface area (Å²) >= 11 is 7.44. The van der Waals surface area contributed by atoms with E-state index in [1.807, 2.05) is 11.5 Å². The highest BCUT2D eigenvalue weighted by Gasteiger charge is 2.22. The van der Waals surface area contributed by atoms with E-state index >= 15 is 0 Å². The van der Waals surface area contributed by atoms with Gasteiger partial charge in [-0.05, 0) is 31.4 Å². The quantitative estimate of drug-likeness (QED) is 0.533. The predicted molar refractivity (Wildman–Crippen MR) is 119 cm³/mol. The van der Waals surface area contributed by atoms with Crippen molar-refractivity contribution in [2.75, 3.05) is 12.4 Å². The number of nitrogens with one attached hydrogen (secondary N) is 1. The van der Waals surface area contributed by atoms with Crippen LogP contribution >= 0.6 is 23.4 Å². The summed E-state index contributed by atoms with van der Waals surface area (Å²) in [5.74, 6) is 0.944. The fraction of sp³-hybridized carbons (Fsp3) is 0.500. The smallest absolute Gasteiger partial charge is 0.237 e. The lowest BCUT2D eigenvalue weighted by Gasteiger charge is -2.16. The summed E-state index contributed by atoms with van der Waals surface area (Å²) in [4.78, 5) is 23.9. The van der Waals surface area contributed by atoms with Crippen molar-refractivity contribution in [2.24, 2.45) is 11.7 Å². The van der Waals surface area contributed by atoms with E-state index in [1.165, 1.54) is 18.9 Å². The molecule has 0 fully saturated rings. The third-order valence-electron chi connectivity index (χ3n) is 4.33. The van der Waals surface area contributed by atoms with Crippen LogP contribution in [0.25, 0.3) is 0 Å². The molecule has 0 bridgehead atoms. The molecule has 2 amide bonds. The van der Waals surface area contributed by atoms with Gasteiger partial charge in [-0.15, -0.1) is 10.2 Å². The molecular formula is C20H28ClN5O3S. The first-order valence-corrected chi connectivity index (χ1v) is 10.9. The zero-order valence-electron chi connectivity index (χ0n) is 17.9. The van der Waals surface area contributed by atoms with Crippen molar-refractivity contribution < 1.29 is 14.3 Å². The third kappa shape index (κ3) is 6.37. The summed E-state index contributed by atoms with van der Waals surface area (Å²) in [5, 5.41) is 12.1. The van der Waals surface area contributed by atoms with E-state index in [-0.39, 0.29) is 18.2 Å². The number of thioether (sulfide) groups is 1. The Labute approximate surface area is 185 Å². The number of primary amides is 1. The highest BCUT2D eigenvalue weighted by molar-refractivity contribution is 8.00. The Balaban J connectivity index is 2.16. The number of methoxy groups -OCH3 is 1. The van der Waals surface area contributed by atoms with E-state index in [9.17, 15) is 9.59 Å². The van der Waals surface area contributed by atoms with Gasteiger partial charge in [0.25, 0.3) is 0 Å². The van der Waals surface area contributed by atoms with Crippen molar-refractivity contribution in [2.45, 2.75) is 57.5 Å². The second-order valence-corrected chi connectivity index (χ2v) is 9.14. The van der Waals surface area contributed by atoms with Crippen molar-refractivity contribution in [3.05, 3.63) is 28.5 Å². The first-order chi connectivity index (χ1) is 14.1. The van der Waals surface area contributed by atoms with Crippen LogP contribution in [0.1, 0.15) is 38.6 Å². The van der Waals surface area contributed by atoms with Gasteiger partial charge >= 0.3 is 0 Å². The first kappa shape index (κ1) is 24.0. The molecule has 0 saturated heterocycles. The summed E-state index contributed by atoms with van der Waals surface area (Å²) in [5.41, 5.74) is 6.66. The molecule has 0 radical (unpaired) electrons. The number of hydrogen-bond acceptors (Lipinski definition) is 6. The van der Waals surface area contributed by atoms with Gasteiger partial charge in [-0.3, -0.25) is 9.59 Å². The topological polar surface area (TPSA) is 112 Å². The third-order valence-corrected chi connectivity index (χ3v) is 5.81. The van der Waals surface area contributed by atoms with Crippen molar-refractivity contribution >= 4 is 40.9 Å². The van der Waals surface area contributed by atoms with Crippen LogP contribution in [0.2, 0.25) is 5.02 Å². The van der Waals surface area contributed by atoms with Crippen molar-refractivity contribution in [1.29, 1.82) is 0 Å². The molecule has 0 aliphatic carbocycles. The van der Waals surface area contributed by atoms with E-state index in [1.54, 1.807) is 19.1 Å².